The summed E-state index contributed by atoms with van der Waals surface area (Å²) in [6.45, 7) is 0. The molecule has 0 spiro atoms. The van der Waals surface area contributed by atoms with Gasteiger partial charge >= 0.3 is 0 Å². The van der Waals surface area contributed by atoms with Gasteiger partial charge in [-0.25, -0.2) is 0 Å². The fourth-order valence-corrected chi connectivity index (χ4v) is 3.70. The van der Waals surface area contributed by atoms with Crippen LogP contribution in [0.1, 0.15) is 5.69 Å². The number of thioether (sulfide) groups is 1. The highest BCUT2D eigenvalue weighted by Gasteiger charge is 2.13. The molecule has 5 aromatic rings. The molecule has 6 heteroatoms. The third-order valence-electron chi connectivity index (χ3n) is 4.16. The fourth-order valence-electron chi connectivity index (χ4n) is 2.98. The Kier molecular flexibility index (Phi) is 3.68. The van der Waals surface area contributed by atoms with Crippen molar-refractivity contribution in [3.8, 4) is 11.7 Å². The summed E-state index contributed by atoms with van der Waals surface area (Å²) in [6, 6.07) is 20.1. The lowest BCUT2D eigenvalue weighted by Crippen LogP contribution is -1.92. The molecule has 2 aromatic carbocycles. The molecule has 126 valence electrons. The van der Waals surface area contributed by atoms with E-state index in [0.717, 1.165) is 22.0 Å². The van der Waals surface area contributed by atoms with E-state index in [9.17, 15) is 0 Å². The van der Waals surface area contributed by atoms with Crippen LogP contribution in [0.4, 0.5) is 0 Å². The van der Waals surface area contributed by atoms with Crippen LogP contribution in [-0.4, -0.2) is 15.2 Å². The predicted molar refractivity (Wildman–Crippen MR) is 101 cm³/mol. The van der Waals surface area contributed by atoms with Gasteiger partial charge in [0.15, 0.2) is 5.76 Å². The summed E-state index contributed by atoms with van der Waals surface area (Å²) in [6.07, 6.45) is 1.58. The normalized spacial score (nSPS) is 11.4. The highest BCUT2D eigenvalue weighted by atomic mass is 32.2. The molecule has 0 amide bonds. The molecule has 0 aliphatic rings. The van der Waals surface area contributed by atoms with Crippen molar-refractivity contribution >= 4 is 33.4 Å². The highest BCUT2D eigenvalue weighted by molar-refractivity contribution is 7.98. The quantitative estimate of drug-likeness (QED) is 0.319. The highest BCUT2D eigenvalue weighted by Crippen LogP contribution is 2.31. The number of furan rings is 1. The van der Waals surface area contributed by atoms with E-state index in [0.29, 0.717) is 22.6 Å². The standard InChI is InChI=1S/C20H13N3O2S/c1-2-8-15-13(6-1)14-7-3-4-9-16(14)21-17(15)12-26-20-23-22-19(25-20)18-10-5-11-24-18/h1-11H,12H2. The van der Waals surface area contributed by atoms with Crippen LogP contribution >= 0.6 is 11.8 Å². The Morgan fingerprint density at radius 3 is 2.46 bits per heavy atom. The van der Waals surface area contributed by atoms with Crippen LogP contribution in [0.5, 0.6) is 0 Å². The van der Waals surface area contributed by atoms with Gasteiger partial charge in [0.05, 0.1) is 17.5 Å². The van der Waals surface area contributed by atoms with Gasteiger partial charge in [0.2, 0.25) is 0 Å². The largest absolute Gasteiger partial charge is 0.459 e. The minimum Gasteiger partial charge on any atom is -0.459 e. The average Bonchev–Trinajstić information content (AvgIpc) is 3.38. The Morgan fingerprint density at radius 1 is 0.808 bits per heavy atom. The van der Waals surface area contributed by atoms with Gasteiger partial charge in [-0.15, -0.1) is 10.2 Å². The first kappa shape index (κ1) is 15.2. The molecular weight excluding hydrogens is 346 g/mol. The Labute approximate surface area is 153 Å². The van der Waals surface area contributed by atoms with Crippen molar-refractivity contribution in [1.29, 1.82) is 0 Å². The summed E-state index contributed by atoms with van der Waals surface area (Å²) in [4.78, 5) is 4.85. The Balaban J connectivity index is 1.49. The maximum Gasteiger partial charge on any atom is 0.284 e. The van der Waals surface area contributed by atoms with Crippen LogP contribution < -0.4 is 0 Å². The maximum absolute atomic E-state index is 5.67. The van der Waals surface area contributed by atoms with Gasteiger partial charge < -0.3 is 8.83 Å². The first-order valence-corrected chi connectivity index (χ1v) is 9.13. The molecule has 3 aromatic heterocycles. The van der Waals surface area contributed by atoms with Crippen LogP contribution in [0.3, 0.4) is 0 Å². The second-order valence-corrected chi connectivity index (χ2v) is 6.69. The van der Waals surface area contributed by atoms with E-state index < -0.39 is 0 Å². The van der Waals surface area contributed by atoms with Crippen molar-refractivity contribution < 1.29 is 8.83 Å². The number of hydrogen-bond donors (Lipinski definition) is 0. The zero-order valence-corrected chi connectivity index (χ0v) is 14.4. The van der Waals surface area contributed by atoms with Gasteiger partial charge in [-0.1, -0.05) is 54.2 Å². The molecule has 0 unspecified atom stereocenters. The Hall–Kier alpha value is -3.12. The zero-order valence-electron chi connectivity index (χ0n) is 13.6. The van der Waals surface area contributed by atoms with E-state index in [4.69, 9.17) is 13.8 Å². The summed E-state index contributed by atoms with van der Waals surface area (Å²) >= 11 is 1.47. The van der Waals surface area contributed by atoms with Gasteiger partial charge in [0.25, 0.3) is 11.1 Å². The third kappa shape index (κ3) is 2.64. The molecule has 0 saturated heterocycles. The molecule has 3 heterocycles. The van der Waals surface area contributed by atoms with Crippen molar-refractivity contribution in [2.45, 2.75) is 11.0 Å². The second kappa shape index (κ2) is 6.31. The van der Waals surface area contributed by atoms with Crippen molar-refractivity contribution in [1.82, 2.24) is 15.2 Å². The topological polar surface area (TPSA) is 65.0 Å². The van der Waals surface area contributed by atoms with Crippen LogP contribution in [0.25, 0.3) is 33.3 Å². The number of para-hydroxylation sites is 1. The van der Waals surface area contributed by atoms with Gasteiger partial charge in [-0.05, 0) is 23.6 Å². The second-order valence-electron chi connectivity index (χ2n) is 5.76. The lowest BCUT2D eigenvalue weighted by atomic mass is 10.0. The summed E-state index contributed by atoms with van der Waals surface area (Å²) in [5.41, 5.74) is 1.99. The zero-order chi connectivity index (χ0) is 17.3. The smallest absolute Gasteiger partial charge is 0.284 e. The molecule has 0 N–H and O–H groups in total. The maximum atomic E-state index is 5.67. The molecule has 0 fully saturated rings. The molecule has 0 aliphatic carbocycles. The SMILES string of the molecule is c1coc(-c2nnc(SCc3nc4ccccc4c4ccccc34)o2)c1. The van der Waals surface area contributed by atoms with E-state index >= 15 is 0 Å². The van der Waals surface area contributed by atoms with E-state index in [1.807, 2.05) is 24.3 Å². The monoisotopic (exact) mass is 359 g/mol. The van der Waals surface area contributed by atoms with E-state index in [2.05, 4.69) is 34.5 Å². The number of benzene rings is 2. The molecule has 0 aliphatic heterocycles. The molecule has 0 saturated carbocycles. The van der Waals surface area contributed by atoms with E-state index in [1.165, 1.54) is 17.1 Å². The van der Waals surface area contributed by atoms with Crippen molar-refractivity contribution in [3.05, 3.63) is 72.6 Å². The number of fused-ring (bicyclic) bond motifs is 3. The molecule has 0 atom stereocenters. The number of hydrogen-bond acceptors (Lipinski definition) is 6. The number of nitrogens with zero attached hydrogens (tertiary/aromatic N) is 3. The molecule has 0 radical (unpaired) electrons. The summed E-state index contributed by atoms with van der Waals surface area (Å²) in [5, 5.41) is 12.1. The lowest BCUT2D eigenvalue weighted by molar-refractivity contribution is 0.447. The van der Waals surface area contributed by atoms with Gasteiger partial charge in [-0.3, -0.25) is 4.98 Å². The number of aromatic nitrogens is 3. The minimum atomic E-state index is 0.383. The van der Waals surface area contributed by atoms with Gasteiger partial charge in [-0.2, -0.15) is 0 Å². The summed E-state index contributed by atoms with van der Waals surface area (Å²) in [5.74, 6) is 1.60. The van der Waals surface area contributed by atoms with Crippen molar-refractivity contribution in [2.24, 2.45) is 0 Å². The number of rotatable bonds is 4. The number of pyridine rings is 1. The lowest BCUT2D eigenvalue weighted by Gasteiger charge is -2.08. The predicted octanol–water partition coefficient (Wildman–Crippen LogP) is 5.32. The summed E-state index contributed by atoms with van der Waals surface area (Å²) < 4.78 is 11.0. The third-order valence-corrected chi connectivity index (χ3v) is 4.99. The van der Waals surface area contributed by atoms with Gasteiger partial charge in [0, 0.05) is 16.5 Å². The van der Waals surface area contributed by atoms with Crippen molar-refractivity contribution in [3.63, 3.8) is 0 Å². The van der Waals surface area contributed by atoms with E-state index in [1.54, 1.807) is 18.4 Å². The molecular formula is C20H13N3O2S. The van der Waals surface area contributed by atoms with Crippen molar-refractivity contribution in [2.75, 3.05) is 0 Å². The van der Waals surface area contributed by atoms with Crippen LogP contribution in [0, 0.1) is 0 Å². The van der Waals surface area contributed by atoms with Crippen LogP contribution in [0.2, 0.25) is 0 Å². The molecule has 5 nitrogen and oxygen atoms in total. The molecule has 0 bridgehead atoms. The minimum absolute atomic E-state index is 0.383. The fraction of sp³-hybridized carbons (Fsp3) is 0.0500. The average molecular weight is 359 g/mol. The first-order valence-electron chi connectivity index (χ1n) is 8.15. The summed E-state index contributed by atoms with van der Waals surface area (Å²) in [7, 11) is 0. The first-order chi connectivity index (χ1) is 12.9. The molecule has 5 rings (SSSR count). The van der Waals surface area contributed by atoms with E-state index in [-0.39, 0.29) is 0 Å². The van der Waals surface area contributed by atoms with Gasteiger partial charge in [0.1, 0.15) is 0 Å². The Morgan fingerprint density at radius 2 is 1.62 bits per heavy atom. The van der Waals surface area contributed by atoms with Crippen LogP contribution in [-0.2, 0) is 5.75 Å². The molecule has 26 heavy (non-hydrogen) atoms. The Bertz CT molecular complexity index is 1200. The van der Waals surface area contributed by atoms with Crippen LogP contribution in [0.15, 0.2) is 81.0 Å².